The minimum Gasteiger partial charge on any atom is -0.490 e. The average molecular weight is 453 g/mol. The van der Waals surface area contributed by atoms with E-state index >= 15 is 0 Å². The molecule has 0 saturated carbocycles. The molecule has 0 aromatic heterocycles. The van der Waals surface area contributed by atoms with Crippen molar-refractivity contribution in [2.45, 2.75) is 26.8 Å². The Morgan fingerprint density at radius 2 is 1.80 bits per heavy atom. The van der Waals surface area contributed by atoms with Gasteiger partial charge in [-0.1, -0.05) is 12.1 Å². The number of benzene rings is 2. The van der Waals surface area contributed by atoms with Crippen LogP contribution in [0, 0.1) is 13.8 Å². The first kappa shape index (κ1) is 19.4. The average Bonchev–Trinajstić information content (AvgIpc) is 2.81. The third-order valence-electron chi connectivity index (χ3n) is 4.02. The molecule has 1 aliphatic rings. The topological polar surface area (TPSA) is 68.9 Å². The number of nitrogens with zero attached hydrogens (tertiary/aromatic N) is 1. The molecule has 5 nitrogen and oxygen atoms in total. The van der Waals surface area contributed by atoms with Crippen molar-refractivity contribution in [1.29, 1.82) is 0 Å². The van der Waals surface area contributed by atoms with Gasteiger partial charge in [-0.25, -0.2) is 4.99 Å². The number of halogens is 1. The number of hydrogen-bond acceptors (Lipinski definition) is 3. The first-order valence-corrected chi connectivity index (χ1v) is 8.14. The Morgan fingerprint density at radius 1 is 1.04 bits per heavy atom. The summed E-state index contributed by atoms with van der Waals surface area (Å²) in [6, 6.07) is 12.0. The van der Waals surface area contributed by atoms with Crippen LogP contribution in [0.4, 0.5) is 5.69 Å². The fraction of sp³-hybridized carbons (Fsp3) is 0.316. The monoisotopic (exact) mass is 453 g/mol. The summed E-state index contributed by atoms with van der Waals surface area (Å²) in [6.07, 6.45) is 0.898. The van der Waals surface area contributed by atoms with Gasteiger partial charge >= 0.3 is 0 Å². The summed E-state index contributed by atoms with van der Waals surface area (Å²) in [6.45, 7) is 6.01. The Labute approximate surface area is 165 Å². The Kier molecular flexibility index (Phi) is 6.92. The molecule has 1 aliphatic heterocycles. The van der Waals surface area contributed by atoms with Crippen LogP contribution in [-0.4, -0.2) is 19.2 Å². The van der Waals surface area contributed by atoms with E-state index in [4.69, 9.17) is 15.2 Å². The second-order valence-corrected chi connectivity index (χ2v) is 5.96. The normalized spacial score (nSPS) is 13.6. The highest BCUT2D eigenvalue weighted by Gasteiger charge is 2.10. The molecule has 1 heterocycles. The van der Waals surface area contributed by atoms with E-state index < -0.39 is 0 Å². The summed E-state index contributed by atoms with van der Waals surface area (Å²) in [5.41, 5.74) is 10.4. The molecule has 0 atom stereocenters. The summed E-state index contributed by atoms with van der Waals surface area (Å²) in [4.78, 5) is 4.40. The summed E-state index contributed by atoms with van der Waals surface area (Å²) >= 11 is 0. The lowest BCUT2D eigenvalue weighted by Gasteiger charge is -2.10. The second kappa shape index (κ2) is 8.94. The number of hydrogen-bond donors (Lipinski definition) is 2. The molecule has 3 N–H and O–H groups in total. The van der Waals surface area contributed by atoms with Crippen molar-refractivity contribution < 1.29 is 9.47 Å². The first-order valence-electron chi connectivity index (χ1n) is 8.14. The lowest BCUT2D eigenvalue weighted by atomic mass is 10.1. The Bertz CT molecular complexity index is 762. The predicted octanol–water partition coefficient (Wildman–Crippen LogP) is 4.01. The van der Waals surface area contributed by atoms with Gasteiger partial charge in [0.1, 0.15) is 0 Å². The molecule has 25 heavy (non-hydrogen) atoms. The van der Waals surface area contributed by atoms with E-state index in [0.717, 1.165) is 29.2 Å². The van der Waals surface area contributed by atoms with Crippen LogP contribution in [0.2, 0.25) is 0 Å². The smallest absolute Gasteiger partial charge is 0.193 e. The quantitative estimate of drug-likeness (QED) is 0.419. The number of anilines is 1. The third-order valence-corrected chi connectivity index (χ3v) is 4.02. The lowest BCUT2D eigenvalue weighted by molar-refractivity contribution is 0.297. The Morgan fingerprint density at radius 3 is 2.56 bits per heavy atom. The maximum atomic E-state index is 5.99. The lowest BCUT2D eigenvalue weighted by Crippen LogP contribution is -2.22. The molecule has 2 aromatic rings. The minimum atomic E-state index is 0. The van der Waals surface area contributed by atoms with Crippen LogP contribution < -0.4 is 20.5 Å². The van der Waals surface area contributed by atoms with Gasteiger partial charge in [-0.3, -0.25) is 0 Å². The number of nitrogens with one attached hydrogen (secondary N) is 1. The van der Waals surface area contributed by atoms with Gasteiger partial charge in [0, 0.05) is 12.1 Å². The summed E-state index contributed by atoms with van der Waals surface area (Å²) in [5, 5.41) is 3.12. The molecule has 0 fully saturated rings. The van der Waals surface area contributed by atoms with Gasteiger partial charge in [0.2, 0.25) is 0 Å². The number of ether oxygens (including phenoxy) is 2. The van der Waals surface area contributed by atoms with E-state index in [1.807, 2.05) is 24.3 Å². The standard InChI is InChI=1S/C19H23N3O2.HI/c1-13-4-6-16(10-14(13)2)22-19(20)21-12-15-5-7-17-18(11-15)24-9-3-8-23-17;/h4-7,10-11H,3,8-9,12H2,1-2H3,(H3,20,21,22);1H. The van der Waals surface area contributed by atoms with Crippen molar-refractivity contribution in [2.24, 2.45) is 10.7 Å². The molecule has 0 unspecified atom stereocenters. The molecule has 134 valence electrons. The van der Waals surface area contributed by atoms with Crippen molar-refractivity contribution in [3.8, 4) is 11.5 Å². The van der Waals surface area contributed by atoms with Gasteiger partial charge in [0.05, 0.1) is 19.8 Å². The highest BCUT2D eigenvalue weighted by molar-refractivity contribution is 14.0. The van der Waals surface area contributed by atoms with Gasteiger partial charge in [-0.15, -0.1) is 24.0 Å². The van der Waals surface area contributed by atoms with Crippen LogP contribution in [0.1, 0.15) is 23.1 Å². The highest BCUT2D eigenvalue weighted by atomic mass is 127. The van der Waals surface area contributed by atoms with E-state index in [-0.39, 0.29) is 24.0 Å². The largest absolute Gasteiger partial charge is 0.490 e. The predicted molar refractivity (Wildman–Crippen MR) is 112 cm³/mol. The summed E-state index contributed by atoms with van der Waals surface area (Å²) < 4.78 is 11.3. The van der Waals surface area contributed by atoms with Gasteiger partial charge < -0.3 is 20.5 Å². The van der Waals surface area contributed by atoms with Crippen LogP contribution in [-0.2, 0) is 6.54 Å². The zero-order valence-electron chi connectivity index (χ0n) is 14.5. The minimum absolute atomic E-state index is 0. The van der Waals surface area contributed by atoms with Crippen molar-refractivity contribution in [3.05, 3.63) is 53.1 Å². The number of rotatable bonds is 3. The van der Waals surface area contributed by atoms with Crippen molar-refractivity contribution in [3.63, 3.8) is 0 Å². The maximum Gasteiger partial charge on any atom is 0.193 e. The molecule has 0 radical (unpaired) electrons. The molecule has 0 amide bonds. The molecular formula is C19H24IN3O2. The molecule has 6 heteroatoms. The van der Waals surface area contributed by atoms with Gasteiger partial charge in [0.25, 0.3) is 0 Å². The highest BCUT2D eigenvalue weighted by Crippen LogP contribution is 2.30. The van der Waals surface area contributed by atoms with Crippen molar-refractivity contribution in [2.75, 3.05) is 18.5 Å². The number of aryl methyl sites for hydroxylation is 2. The first-order chi connectivity index (χ1) is 11.6. The zero-order chi connectivity index (χ0) is 16.9. The molecule has 0 saturated heterocycles. The zero-order valence-corrected chi connectivity index (χ0v) is 16.9. The fourth-order valence-corrected chi connectivity index (χ4v) is 2.49. The Hall–Kier alpha value is -1.96. The van der Waals surface area contributed by atoms with Gasteiger partial charge in [-0.2, -0.15) is 0 Å². The number of guanidine groups is 1. The Balaban J connectivity index is 0.00000225. The van der Waals surface area contributed by atoms with E-state index in [9.17, 15) is 0 Å². The van der Waals surface area contributed by atoms with Crippen LogP contribution in [0.5, 0.6) is 11.5 Å². The van der Waals surface area contributed by atoms with Crippen LogP contribution >= 0.6 is 24.0 Å². The van der Waals surface area contributed by atoms with E-state index in [1.165, 1.54) is 11.1 Å². The van der Waals surface area contributed by atoms with Crippen LogP contribution in [0.15, 0.2) is 41.4 Å². The number of fused-ring (bicyclic) bond motifs is 1. The van der Waals surface area contributed by atoms with Crippen LogP contribution in [0.25, 0.3) is 0 Å². The van der Waals surface area contributed by atoms with Gasteiger partial charge in [-0.05, 0) is 54.8 Å². The van der Waals surface area contributed by atoms with Gasteiger partial charge in [0.15, 0.2) is 17.5 Å². The summed E-state index contributed by atoms with van der Waals surface area (Å²) in [5.74, 6) is 1.97. The molecule has 0 spiro atoms. The molecular weight excluding hydrogens is 429 g/mol. The maximum absolute atomic E-state index is 5.99. The molecule has 3 rings (SSSR count). The van der Waals surface area contributed by atoms with E-state index in [1.54, 1.807) is 0 Å². The number of nitrogens with two attached hydrogens (primary N) is 1. The van der Waals surface area contributed by atoms with Crippen molar-refractivity contribution >= 4 is 35.6 Å². The molecule has 0 bridgehead atoms. The number of aliphatic imine (C=N–C) groups is 1. The summed E-state index contributed by atoms with van der Waals surface area (Å²) in [7, 11) is 0. The molecule has 2 aromatic carbocycles. The SMILES string of the molecule is Cc1ccc(NC(N)=NCc2ccc3c(c2)OCCCO3)cc1C.I. The third kappa shape index (κ3) is 5.26. The van der Waals surface area contributed by atoms with Crippen molar-refractivity contribution in [1.82, 2.24) is 0 Å². The fourth-order valence-electron chi connectivity index (χ4n) is 2.49. The molecule has 0 aliphatic carbocycles. The van der Waals surface area contributed by atoms with Crippen LogP contribution in [0.3, 0.4) is 0 Å². The van der Waals surface area contributed by atoms with E-state index in [2.05, 4.69) is 36.3 Å². The van der Waals surface area contributed by atoms with E-state index in [0.29, 0.717) is 25.7 Å². The second-order valence-electron chi connectivity index (χ2n) is 5.96.